The summed E-state index contributed by atoms with van der Waals surface area (Å²) in [6, 6.07) is 13.4. The molecule has 3 aromatic carbocycles. The number of halogens is 4. The highest BCUT2D eigenvalue weighted by atomic mass is 35.5. The second-order valence-corrected chi connectivity index (χ2v) is 10.3. The molecule has 0 bridgehead atoms. The van der Waals surface area contributed by atoms with Gasteiger partial charge in [-0.2, -0.15) is 18.3 Å². The Morgan fingerprint density at radius 2 is 1.69 bits per heavy atom. The van der Waals surface area contributed by atoms with Crippen LogP contribution in [-0.4, -0.2) is 27.1 Å². The largest absolute Gasteiger partial charge is 0.417 e. The van der Waals surface area contributed by atoms with E-state index in [1.165, 1.54) is 30.5 Å². The zero-order chi connectivity index (χ0) is 26.7. The Labute approximate surface area is 212 Å². The minimum absolute atomic E-state index is 0.199. The molecule has 3 aromatic rings. The molecule has 0 spiro atoms. The minimum Gasteiger partial charge on any atom is -0.271 e. The van der Waals surface area contributed by atoms with Crippen molar-refractivity contribution in [1.82, 2.24) is 5.43 Å². The molecule has 3 rings (SSSR count). The van der Waals surface area contributed by atoms with Gasteiger partial charge in [-0.05, 0) is 73.4 Å². The molecule has 1 N–H and O–H groups in total. The second kappa shape index (κ2) is 10.7. The number of sulfonamides is 1. The molecular formula is C25H23ClF3N3O3S. The van der Waals surface area contributed by atoms with Crippen LogP contribution in [0.4, 0.5) is 18.9 Å². The number of hydrazone groups is 1. The fourth-order valence-electron chi connectivity index (χ4n) is 3.38. The number of amides is 1. The number of benzene rings is 3. The van der Waals surface area contributed by atoms with Crippen LogP contribution in [0.15, 0.2) is 70.7 Å². The van der Waals surface area contributed by atoms with Gasteiger partial charge in [0, 0.05) is 0 Å². The molecule has 0 aromatic heterocycles. The number of aryl methyl sites for hydroxylation is 1. The van der Waals surface area contributed by atoms with Gasteiger partial charge < -0.3 is 0 Å². The van der Waals surface area contributed by atoms with Crippen molar-refractivity contribution < 1.29 is 26.4 Å². The number of carbonyl (C=O) groups is 1. The number of hydrogen-bond acceptors (Lipinski definition) is 4. The summed E-state index contributed by atoms with van der Waals surface area (Å²) in [7, 11) is -4.41. The number of nitrogens with one attached hydrogen (secondary N) is 1. The van der Waals surface area contributed by atoms with Crippen LogP contribution in [0.3, 0.4) is 0 Å². The molecular weight excluding hydrogens is 515 g/mol. The third-order valence-corrected chi connectivity index (χ3v) is 7.77. The maximum absolute atomic E-state index is 13.4. The Kier molecular flexibility index (Phi) is 8.10. The SMILES string of the molecule is Cc1ccc(/C=N/NC(=O)CN(c2ccc(Cl)c(C(F)(F)F)c2)S(=O)(=O)c2ccccc2)c(C)c1C. The van der Waals surface area contributed by atoms with Gasteiger partial charge in [0.25, 0.3) is 15.9 Å². The summed E-state index contributed by atoms with van der Waals surface area (Å²) in [4.78, 5) is 12.5. The molecule has 0 heterocycles. The fraction of sp³-hybridized carbons (Fsp3) is 0.200. The summed E-state index contributed by atoms with van der Waals surface area (Å²) in [5.41, 5.74) is 4.52. The van der Waals surface area contributed by atoms with Crippen LogP contribution in [-0.2, 0) is 21.0 Å². The van der Waals surface area contributed by atoms with Crippen LogP contribution in [0, 0.1) is 20.8 Å². The van der Waals surface area contributed by atoms with E-state index in [-0.39, 0.29) is 10.6 Å². The first-order chi connectivity index (χ1) is 16.8. The predicted molar refractivity (Wildman–Crippen MR) is 134 cm³/mol. The van der Waals surface area contributed by atoms with Crippen molar-refractivity contribution in [3.8, 4) is 0 Å². The summed E-state index contributed by atoms with van der Waals surface area (Å²) in [5, 5.41) is 3.30. The average Bonchev–Trinajstić information content (AvgIpc) is 2.83. The molecule has 0 saturated carbocycles. The highest BCUT2D eigenvalue weighted by Gasteiger charge is 2.35. The van der Waals surface area contributed by atoms with Gasteiger partial charge in [-0.25, -0.2) is 13.8 Å². The smallest absolute Gasteiger partial charge is 0.271 e. The molecule has 0 unspecified atom stereocenters. The standard InChI is InChI=1S/C25H23ClF3N3O3S/c1-16-9-10-19(18(3)17(16)2)14-30-31-24(33)15-32(36(34,35)21-7-5-4-6-8-21)20-11-12-23(26)22(13-20)25(27,28)29/h4-14H,15H2,1-3H3,(H,31,33)/b30-14+. The molecule has 0 fully saturated rings. The highest BCUT2D eigenvalue weighted by Crippen LogP contribution is 2.38. The van der Waals surface area contributed by atoms with Crippen molar-refractivity contribution in [1.29, 1.82) is 0 Å². The number of alkyl halides is 3. The summed E-state index contributed by atoms with van der Waals surface area (Å²) in [6.45, 7) is 5.00. The van der Waals surface area contributed by atoms with E-state index in [0.29, 0.717) is 10.4 Å². The lowest BCUT2D eigenvalue weighted by molar-refractivity contribution is -0.137. The third kappa shape index (κ3) is 6.06. The number of anilines is 1. The molecule has 0 radical (unpaired) electrons. The van der Waals surface area contributed by atoms with Crippen LogP contribution in [0.25, 0.3) is 0 Å². The van der Waals surface area contributed by atoms with Gasteiger partial charge >= 0.3 is 6.18 Å². The topological polar surface area (TPSA) is 78.8 Å². The minimum atomic E-state index is -4.83. The van der Waals surface area contributed by atoms with Crippen molar-refractivity contribution in [3.63, 3.8) is 0 Å². The maximum atomic E-state index is 13.4. The van der Waals surface area contributed by atoms with E-state index >= 15 is 0 Å². The molecule has 0 aliphatic rings. The normalized spacial score (nSPS) is 12.1. The van der Waals surface area contributed by atoms with Crippen LogP contribution in [0.2, 0.25) is 5.02 Å². The van der Waals surface area contributed by atoms with Crippen molar-refractivity contribution in [2.24, 2.45) is 5.10 Å². The molecule has 0 saturated heterocycles. The van der Waals surface area contributed by atoms with Crippen LogP contribution in [0.5, 0.6) is 0 Å². The van der Waals surface area contributed by atoms with Gasteiger partial charge in [0.05, 0.1) is 27.4 Å². The molecule has 6 nitrogen and oxygen atoms in total. The Bertz CT molecular complexity index is 1410. The molecule has 36 heavy (non-hydrogen) atoms. The lowest BCUT2D eigenvalue weighted by Gasteiger charge is -2.24. The lowest BCUT2D eigenvalue weighted by atomic mass is 10.00. The van der Waals surface area contributed by atoms with Crippen LogP contribution in [0.1, 0.15) is 27.8 Å². The molecule has 11 heteroatoms. The Hall–Kier alpha value is -3.37. The number of carbonyl (C=O) groups excluding carboxylic acids is 1. The van der Waals surface area contributed by atoms with E-state index in [1.807, 2.05) is 32.9 Å². The van der Waals surface area contributed by atoms with Crippen molar-refractivity contribution >= 4 is 39.4 Å². The van der Waals surface area contributed by atoms with Gasteiger partial charge in [-0.15, -0.1) is 0 Å². The quantitative estimate of drug-likeness (QED) is 0.313. The highest BCUT2D eigenvalue weighted by molar-refractivity contribution is 7.92. The van der Waals surface area contributed by atoms with Crippen molar-refractivity contribution in [2.45, 2.75) is 31.8 Å². The van der Waals surface area contributed by atoms with Gasteiger partial charge in [-0.1, -0.05) is 41.9 Å². The van der Waals surface area contributed by atoms with E-state index in [1.54, 1.807) is 6.07 Å². The van der Waals surface area contributed by atoms with Gasteiger partial charge in [-0.3, -0.25) is 9.10 Å². The molecule has 0 aliphatic carbocycles. The van der Waals surface area contributed by atoms with E-state index < -0.39 is 39.2 Å². The van der Waals surface area contributed by atoms with E-state index in [9.17, 15) is 26.4 Å². The maximum Gasteiger partial charge on any atom is 0.417 e. The predicted octanol–water partition coefficient (Wildman–Crippen LogP) is 5.63. The molecule has 190 valence electrons. The zero-order valence-corrected chi connectivity index (χ0v) is 21.2. The Balaban J connectivity index is 1.94. The van der Waals surface area contributed by atoms with Crippen LogP contribution >= 0.6 is 11.6 Å². The van der Waals surface area contributed by atoms with Gasteiger partial charge in [0.2, 0.25) is 0 Å². The summed E-state index contributed by atoms with van der Waals surface area (Å²) >= 11 is 5.70. The fourth-order valence-corrected chi connectivity index (χ4v) is 5.04. The van der Waals surface area contributed by atoms with Crippen LogP contribution < -0.4 is 9.73 Å². The van der Waals surface area contributed by atoms with Crippen molar-refractivity contribution in [2.75, 3.05) is 10.8 Å². The lowest BCUT2D eigenvalue weighted by Crippen LogP contribution is -2.39. The number of hydrogen-bond donors (Lipinski definition) is 1. The molecule has 0 aliphatic heterocycles. The first kappa shape index (κ1) is 27.2. The summed E-state index contributed by atoms with van der Waals surface area (Å²) in [5.74, 6) is -0.851. The Morgan fingerprint density at radius 1 is 1.03 bits per heavy atom. The summed E-state index contributed by atoms with van der Waals surface area (Å²) in [6.07, 6.45) is -3.41. The number of rotatable bonds is 7. The van der Waals surface area contributed by atoms with Gasteiger partial charge in [0.1, 0.15) is 6.54 Å². The average molecular weight is 538 g/mol. The van der Waals surface area contributed by atoms with E-state index in [4.69, 9.17) is 11.6 Å². The summed E-state index contributed by atoms with van der Waals surface area (Å²) < 4.78 is 67.5. The first-order valence-electron chi connectivity index (χ1n) is 10.7. The first-order valence-corrected chi connectivity index (χ1v) is 12.5. The van der Waals surface area contributed by atoms with E-state index in [0.717, 1.165) is 34.4 Å². The van der Waals surface area contributed by atoms with E-state index in [2.05, 4.69) is 10.5 Å². The molecule has 1 amide bonds. The third-order valence-electron chi connectivity index (χ3n) is 5.65. The van der Waals surface area contributed by atoms with Gasteiger partial charge in [0.15, 0.2) is 0 Å². The molecule has 0 atom stereocenters. The number of nitrogens with zero attached hydrogens (tertiary/aromatic N) is 2. The van der Waals surface area contributed by atoms with Crippen molar-refractivity contribution in [3.05, 3.63) is 93.5 Å². The zero-order valence-electron chi connectivity index (χ0n) is 19.6. The second-order valence-electron chi connectivity index (χ2n) is 8.00. The monoisotopic (exact) mass is 537 g/mol. The Morgan fingerprint density at radius 3 is 2.33 bits per heavy atom.